The minimum atomic E-state index is 0.216. The number of rotatable bonds is 4. The van der Waals surface area contributed by atoms with Crippen molar-refractivity contribution in [3.8, 4) is 0 Å². The second kappa shape index (κ2) is 5.11. The summed E-state index contributed by atoms with van der Waals surface area (Å²) in [6.45, 7) is 2.25. The van der Waals surface area contributed by atoms with Crippen molar-refractivity contribution in [2.45, 2.75) is 38.0 Å². The lowest BCUT2D eigenvalue weighted by atomic mass is 9.72. The highest BCUT2D eigenvalue weighted by Crippen LogP contribution is 2.37. The number of nitrogens with zero attached hydrogens (tertiary/aromatic N) is 1. The van der Waals surface area contributed by atoms with Gasteiger partial charge in [-0.05, 0) is 30.5 Å². The fraction of sp³-hybridized carbons (Fsp3) is 0.400. The molecule has 1 heteroatoms. The maximum Gasteiger partial charge on any atom is 0.0270 e. The van der Waals surface area contributed by atoms with Gasteiger partial charge in [-0.25, -0.2) is 0 Å². The zero-order valence-corrected chi connectivity index (χ0v) is 9.89. The van der Waals surface area contributed by atoms with E-state index in [1.54, 1.807) is 0 Å². The number of hydrogen-bond acceptors (Lipinski definition) is 1. The Hall–Kier alpha value is -1.37. The summed E-state index contributed by atoms with van der Waals surface area (Å²) < 4.78 is 0. The molecule has 0 radical (unpaired) electrons. The van der Waals surface area contributed by atoms with E-state index in [4.69, 9.17) is 0 Å². The number of unbranched alkanes of at least 4 members (excludes halogenated alkanes) is 1. The molecular formula is C15H19N. The van der Waals surface area contributed by atoms with E-state index in [9.17, 15) is 0 Å². The second-order valence-electron chi connectivity index (χ2n) is 4.49. The molecule has 0 aromatic carbocycles. The number of pyridine rings is 1. The van der Waals surface area contributed by atoms with Crippen molar-refractivity contribution < 1.29 is 0 Å². The predicted molar refractivity (Wildman–Crippen MR) is 68.3 cm³/mol. The molecule has 0 saturated heterocycles. The second-order valence-corrected chi connectivity index (χ2v) is 4.49. The normalized spacial score (nSPS) is 23.6. The third-order valence-corrected chi connectivity index (χ3v) is 3.38. The van der Waals surface area contributed by atoms with Crippen molar-refractivity contribution >= 4 is 0 Å². The zero-order valence-electron chi connectivity index (χ0n) is 9.89. The molecule has 1 aliphatic rings. The van der Waals surface area contributed by atoms with E-state index < -0.39 is 0 Å². The van der Waals surface area contributed by atoms with E-state index in [0.717, 1.165) is 6.42 Å². The first-order valence-corrected chi connectivity index (χ1v) is 6.12. The van der Waals surface area contributed by atoms with Gasteiger partial charge in [-0.3, -0.25) is 4.98 Å². The van der Waals surface area contributed by atoms with Crippen molar-refractivity contribution in [1.82, 2.24) is 4.98 Å². The van der Waals surface area contributed by atoms with Gasteiger partial charge in [-0.1, -0.05) is 44.1 Å². The Kier molecular flexibility index (Phi) is 3.55. The molecule has 0 fully saturated rings. The third-order valence-electron chi connectivity index (χ3n) is 3.38. The first kappa shape index (κ1) is 11.1. The topological polar surface area (TPSA) is 12.9 Å². The fourth-order valence-electron chi connectivity index (χ4n) is 2.38. The van der Waals surface area contributed by atoms with Crippen LogP contribution in [0.3, 0.4) is 0 Å². The Morgan fingerprint density at radius 3 is 2.69 bits per heavy atom. The van der Waals surface area contributed by atoms with Crippen LogP contribution in [0, 0.1) is 0 Å². The largest absolute Gasteiger partial charge is 0.265 e. The van der Waals surface area contributed by atoms with Crippen LogP contribution in [-0.2, 0) is 5.41 Å². The first-order chi connectivity index (χ1) is 7.87. The van der Waals surface area contributed by atoms with Crippen LogP contribution < -0.4 is 0 Å². The molecule has 0 bridgehead atoms. The molecule has 0 N–H and O–H groups in total. The summed E-state index contributed by atoms with van der Waals surface area (Å²) >= 11 is 0. The lowest BCUT2D eigenvalue weighted by Crippen LogP contribution is -2.24. The van der Waals surface area contributed by atoms with Gasteiger partial charge in [0.2, 0.25) is 0 Å². The fourth-order valence-corrected chi connectivity index (χ4v) is 2.38. The molecule has 0 saturated carbocycles. The Morgan fingerprint density at radius 2 is 2.06 bits per heavy atom. The SMILES string of the molecule is CCCCC1(c2ccncc2)C=CC=CC1. The summed E-state index contributed by atoms with van der Waals surface area (Å²) in [6, 6.07) is 4.30. The molecule has 0 spiro atoms. The van der Waals surface area contributed by atoms with Crippen LogP contribution in [0.5, 0.6) is 0 Å². The Labute approximate surface area is 97.9 Å². The van der Waals surface area contributed by atoms with E-state index in [0.29, 0.717) is 0 Å². The van der Waals surface area contributed by atoms with Gasteiger partial charge in [0.25, 0.3) is 0 Å². The summed E-state index contributed by atoms with van der Waals surface area (Å²) in [5, 5.41) is 0. The molecule has 1 aromatic heterocycles. The lowest BCUT2D eigenvalue weighted by molar-refractivity contribution is 0.469. The van der Waals surface area contributed by atoms with E-state index >= 15 is 0 Å². The van der Waals surface area contributed by atoms with Gasteiger partial charge in [-0.15, -0.1) is 0 Å². The van der Waals surface area contributed by atoms with Crippen molar-refractivity contribution in [3.63, 3.8) is 0 Å². The van der Waals surface area contributed by atoms with Crippen molar-refractivity contribution in [2.75, 3.05) is 0 Å². The highest BCUT2D eigenvalue weighted by molar-refractivity contribution is 5.34. The minimum absolute atomic E-state index is 0.216. The van der Waals surface area contributed by atoms with Gasteiger partial charge in [0.05, 0.1) is 0 Å². The number of hydrogen-bond donors (Lipinski definition) is 0. The highest BCUT2D eigenvalue weighted by Gasteiger charge is 2.28. The lowest BCUT2D eigenvalue weighted by Gasteiger charge is -2.32. The monoisotopic (exact) mass is 213 g/mol. The molecule has 2 rings (SSSR count). The van der Waals surface area contributed by atoms with Crippen LogP contribution in [0.15, 0.2) is 48.8 Å². The molecule has 1 heterocycles. The van der Waals surface area contributed by atoms with Crippen molar-refractivity contribution in [1.29, 1.82) is 0 Å². The average Bonchev–Trinajstić information content (AvgIpc) is 2.38. The van der Waals surface area contributed by atoms with Gasteiger partial charge in [0, 0.05) is 17.8 Å². The zero-order chi connectivity index (χ0) is 11.3. The Bertz CT molecular complexity index is 378. The smallest absolute Gasteiger partial charge is 0.0270 e. The molecule has 1 unspecified atom stereocenters. The summed E-state index contributed by atoms with van der Waals surface area (Å²) in [5.41, 5.74) is 1.62. The molecule has 84 valence electrons. The maximum absolute atomic E-state index is 4.11. The molecule has 1 nitrogen and oxygen atoms in total. The molecule has 1 aliphatic carbocycles. The van der Waals surface area contributed by atoms with Crippen LogP contribution >= 0.6 is 0 Å². The summed E-state index contributed by atoms with van der Waals surface area (Å²) in [5.74, 6) is 0. The van der Waals surface area contributed by atoms with Crippen LogP contribution in [0.4, 0.5) is 0 Å². The molecule has 1 aromatic rings. The van der Waals surface area contributed by atoms with Crippen LogP contribution in [-0.4, -0.2) is 4.98 Å². The Balaban J connectivity index is 2.28. The van der Waals surface area contributed by atoms with Gasteiger partial charge < -0.3 is 0 Å². The first-order valence-electron chi connectivity index (χ1n) is 6.12. The van der Waals surface area contributed by atoms with E-state index in [2.05, 4.69) is 48.3 Å². The average molecular weight is 213 g/mol. The highest BCUT2D eigenvalue weighted by atomic mass is 14.6. The quantitative estimate of drug-likeness (QED) is 0.736. The third kappa shape index (κ3) is 2.24. The standard InChI is InChI=1S/C15H19N/c1-2-3-9-15(10-5-4-6-11-15)14-7-12-16-13-8-14/h4-8,10,12-13H,2-3,9,11H2,1H3. The predicted octanol–water partition coefficient (Wildman–Crippen LogP) is 4.03. The van der Waals surface area contributed by atoms with E-state index in [1.807, 2.05) is 12.4 Å². The van der Waals surface area contributed by atoms with Gasteiger partial charge in [0.15, 0.2) is 0 Å². The molecule has 16 heavy (non-hydrogen) atoms. The van der Waals surface area contributed by atoms with Crippen LogP contribution in [0.2, 0.25) is 0 Å². The number of allylic oxidation sites excluding steroid dienone is 4. The summed E-state index contributed by atoms with van der Waals surface area (Å²) in [6.07, 6.45) is 17.6. The molecule has 0 amide bonds. The minimum Gasteiger partial charge on any atom is -0.265 e. The molecule has 1 atom stereocenters. The number of aromatic nitrogens is 1. The van der Waals surface area contributed by atoms with Gasteiger partial charge >= 0.3 is 0 Å². The molecule has 0 aliphatic heterocycles. The van der Waals surface area contributed by atoms with Gasteiger partial charge in [0.1, 0.15) is 0 Å². The van der Waals surface area contributed by atoms with E-state index in [-0.39, 0.29) is 5.41 Å². The summed E-state index contributed by atoms with van der Waals surface area (Å²) in [7, 11) is 0. The van der Waals surface area contributed by atoms with Crippen molar-refractivity contribution in [2.24, 2.45) is 0 Å². The van der Waals surface area contributed by atoms with Crippen molar-refractivity contribution in [3.05, 3.63) is 54.4 Å². The van der Waals surface area contributed by atoms with E-state index in [1.165, 1.54) is 24.8 Å². The molecular weight excluding hydrogens is 194 g/mol. The van der Waals surface area contributed by atoms with Gasteiger partial charge in [-0.2, -0.15) is 0 Å². The van der Waals surface area contributed by atoms with Crippen LogP contribution in [0.1, 0.15) is 38.2 Å². The Morgan fingerprint density at radius 1 is 1.25 bits per heavy atom. The summed E-state index contributed by atoms with van der Waals surface area (Å²) in [4.78, 5) is 4.11. The van der Waals surface area contributed by atoms with Crippen LogP contribution in [0.25, 0.3) is 0 Å². The maximum atomic E-state index is 4.11.